The molecule has 0 radical (unpaired) electrons. The summed E-state index contributed by atoms with van der Waals surface area (Å²) in [5.74, 6) is 0.594. The zero-order chi connectivity index (χ0) is 12.4. The van der Waals surface area contributed by atoms with Gasteiger partial charge in [-0.3, -0.25) is 4.68 Å². The maximum Gasteiger partial charge on any atom is 0.126 e. The SMILES string of the molecule is Cc1cn(Cc2ccc(C(C)C)cc2)nc1I. The molecule has 0 bridgehead atoms. The van der Waals surface area contributed by atoms with E-state index in [1.165, 1.54) is 16.7 Å². The van der Waals surface area contributed by atoms with Gasteiger partial charge in [0, 0.05) is 11.8 Å². The Morgan fingerprint density at radius 2 is 1.88 bits per heavy atom. The van der Waals surface area contributed by atoms with Crippen LogP contribution in [0.1, 0.15) is 36.5 Å². The Morgan fingerprint density at radius 1 is 1.24 bits per heavy atom. The molecule has 1 aromatic heterocycles. The Morgan fingerprint density at radius 3 is 2.35 bits per heavy atom. The van der Waals surface area contributed by atoms with Crippen molar-refractivity contribution < 1.29 is 0 Å². The van der Waals surface area contributed by atoms with Gasteiger partial charge in [0.05, 0.1) is 6.54 Å². The molecule has 2 rings (SSSR count). The topological polar surface area (TPSA) is 17.8 Å². The highest BCUT2D eigenvalue weighted by Gasteiger charge is 2.03. The summed E-state index contributed by atoms with van der Waals surface area (Å²) in [6, 6.07) is 8.81. The molecule has 0 unspecified atom stereocenters. The molecular weight excluding hydrogens is 323 g/mol. The molecular formula is C14H17IN2. The van der Waals surface area contributed by atoms with Crippen LogP contribution in [0.5, 0.6) is 0 Å². The van der Waals surface area contributed by atoms with Crippen molar-refractivity contribution in [2.45, 2.75) is 33.2 Å². The number of halogens is 1. The van der Waals surface area contributed by atoms with Crippen LogP contribution < -0.4 is 0 Å². The first-order valence-corrected chi connectivity index (χ1v) is 6.92. The number of aromatic nitrogens is 2. The van der Waals surface area contributed by atoms with E-state index in [1.54, 1.807) is 0 Å². The van der Waals surface area contributed by atoms with Crippen molar-refractivity contribution >= 4 is 22.6 Å². The van der Waals surface area contributed by atoms with Gasteiger partial charge in [-0.15, -0.1) is 0 Å². The van der Waals surface area contributed by atoms with E-state index in [-0.39, 0.29) is 0 Å². The van der Waals surface area contributed by atoms with Crippen LogP contribution in [0.3, 0.4) is 0 Å². The van der Waals surface area contributed by atoms with Crippen LogP contribution in [0.15, 0.2) is 30.5 Å². The Kier molecular flexibility index (Phi) is 3.86. The van der Waals surface area contributed by atoms with E-state index in [4.69, 9.17) is 0 Å². The van der Waals surface area contributed by atoms with Crippen LogP contribution in [0.25, 0.3) is 0 Å². The van der Waals surface area contributed by atoms with Gasteiger partial charge in [0.25, 0.3) is 0 Å². The fraction of sp³-hybridized carbons (Fsp3) is 0.357. The van der Waals surface area contributed by atoms with Crippen molar-refractivity contribution in [2.75, 3.05) is 0 Å². The highest BCUT2D eigenvalue weighted by Crippen LogP contribution is 2.16. The minimum atomic E-state index is 0.594. The Hall–Kier alpha value is -0.840. The van der Waals surface area contributed by atoms with Crippen molar-refractivity contribution in [3.63, 3.8) is 0 Å². The third-order valence-corrected chi connectivity index (χ3v) is 3.94. The van der Waals surface area contributed by atoms with Gasteiger partial charge in [-0.2, -0.15) is 5.10 Å². The molecule has 17 heavy (non-hydrogen) atoms. The third-order valence-electron chi connectivity index (χ3n) is 2.88. The summed E-state index contributed by atoms with van der Waals surface area (Å²) in [6.45, 7) is 7.37. The molecule has 1 heterocycles. The van der Waals surface area contributed by atoms with Crippen molar-refractivity contribution in [3.8, 4) is 0 Å². The van der Waals surface area contributed by atoms with E-state index in [0.29, 0.717) is 5.92 Å². The maximum absolute atomic E-state index is 4.47. The van der Waals surface area contributed by atoms with Gasteiger partial charge in [-0.25, -0.2) is 0 Å². The highest BCUT2D eigenvalue weighted by molar-refractivity contribution is 14.1. The van der Waals surface area contributed by atoms with Crippen molar-refractivity contribution in [3.05, 3.63) is 50.9 Å². The molecule has 1 aromatic carbocycles. The lowest BCUT2D eigenvalue weighted by atomic mass is 10.0. The number of rotatable bonds is 3. The Labute approximate surface area is 116 Å². The smallest absolute Gasteiger partial charge is 0.126 e. The van der Waals surface area contributed by atoms with Crippen molar-refractivity contribution in [1.29, 1.82) is 0 Å². The molecule has 0 fully saturated rings. The molecule has 0 N–H and O–H groups in total. The highest BCUT2D eigenvalue weighted by atomic mass is 127. The van der Waals surface area contributed by atoms with E-state index in [9.17, 15) is 0 Å². The van der Waals surface area contributed by atoms with Crippen LogP contribution in [0.4, 0.5) is 0 Å². The predicted octanol–water partition coefficient (Wildman–Crippen LogP) is 3.97. The van der Waals surface area contributed by atoms with Gasteiger partial charge in [0.2, 0.25) is 0 Å². The van der Waals surface area contributed by atoms with Gasteiger partial charge < -0.3 is 0 Å². The van der Waals surface area contributed by atoms with Crippen LogP contribution >= 0.6 is 22.6 Å². The molecule has 2 aromatic rings. The Balaban J connectivity index is 2.13. The molecule has 3 heteroatoms. The molecule has 0 aliphatic carbocycles. The second kappa shape index (κ2) is 5.21. The summed E-state index contributed by atoms with van der Waals surface area (Å²) >= 11 is 2.27. The first kappa shape index (κ1) is 12.6. The van der Waals surface area contributed by atoms with Crippen molar-refractivity contribution in [1.82, 2.24) is 9.78 Å². The van der Waals surface area contributed by atoms with E-state index in [0.717, 1.165) is 10.2 Å². The molecule has 2 nitrogen and oxygen atoms in total. The molecule has 0 saturated heterocycles. The lowest BCUT2D eigenvalue weighted by molar-refractivity contribution is 0.680. The normalized spacial score (nSPS) is 11.1. The second-order valence-electron chi connectivity index (χ2n) is 4.70. The molecule has 0 aliphatic heterocycles. The second-order valence-corrected chi connectivity index (χ2v) is 5.72. The van der Waals surface area contributed by atoms with Gasteiger partial charge in [0.1, 0.15) is 3.70 Å². The minimum Gasteiger partial charge on any atom is -0.267 e. The van der Waals surface area contributed by atoms with Gasteiger partial charge >= 0.3 is 0 Å². The molecule has 0 amide bonds. The van der Waals surface area contributed by atoms with E-state index >= 15 is 0 Å². The summed E-state index contributed by atoms with van der Waals surface area (Å²) in [6.07, 6.45) is 2.10. The number of benzene rings is 1. The molecule has 0 spiro atoms. The molecule has 0 saturated carbocycles. The van der Waals surface area contributed by atoms with E-state index < -0.39 is 0 Å². The lowest BCUT2D eigenvalue weighted by Gasteiger charge is -2.07. The van der Waals surface area contributed by atoms with Crippen LogP contribution in [-0.2, 0) is 6.54 Å². The van der Waals surface area contributed by atoms with Crippen LogP contribution in [0.2, 0.25) is 0 Å². The summed E-state index contributed by atoms with van der Waals surface area (Å²) < 4.78 is 3.09. The molecule has 0 atom stereocenters. The zero-order valence-electron chi connectivity index (χ0n) is 10.4. The van der Waals surface area contributed by atoms with Gasteiger partial charge in [0.15, 0.2) is 0 Å². The van der Waals surface area contributed by atoms with Crippen LogP contribution in [-0.4, -0.2) is 9.78 Å². The minimum absolute atomic E-state index is 0.594. The average molecular weight is 340 g/mol. The fourth-order valence-electron chi connectivity index (χ4n) is 1.77. The molecule has 0 aliphatic rings. The van der Waals surface area contributed by atoms with Gasteiger partial charge in [-0.05, 0) is 46.6 Å². The van der Waals surface area contributed by atoms with E-state index in [2.05, 4.69) is 78.9 Å². The summed E-state index contributed by atoms with van der Waals surface area (Å²) in [4.78, 5) is 0. The maximum atomic E-state index is 4.47. The zero-order valence-corrected chi connectivity index (χ0v) is 12.6. The third kappa shape index (κ3) is 3.09. The Bertz CT molecular complexity index is 478. The van der Waals surface area contributed by atoms with Crippen LogP contribution in [0, 0.1) is 10.6 Å². The van der Waals surface area contributed by atoms with E-state index in [1.807, 2.05) is 4.68 Å². The first-order chi connectivity index (χ1) is 8.06. The summed E-state index contributed by atoms with van der Waals surface area (Å²) in [5.41, 5.74) is 3.93. The summed E-state index contributed by atoms with van der Waals surface area (Å²) in [5, 5.41) is 4.47. The first-order valence-electron chi connectivity index (χ1n) is 5.84. The summed E-state index contributed by atoms with van der Waals surface area (Å²) in [7, 11) is 0. The largest absolute Gasteiger partial charge is 0.267 e. The van der Waals surface area contributed by atoms with Gasteiger partial charge in [-0.1, -0.05) is 38.1 Å². The lowest BCUT2D eigenvalue weighted by Crippen LogP contribution is -2.00. The van der Waals surface area contributed by atoms with Crippen molar-refractivity contribution in [2.24, 2.45) is 0 Å². The molecule has 90 valence electrons. The predicted molar refractivity (Wildman–Crippen MR) is 79.3 cm³/mol. The average Bonchev–Trinajstić information content (AvgIpc) is 2.58. The number of hydrogen-bond donors (Lipinski definition) is 0. The number of aryl methyl sites for hydroxylation is 1. The number of hydrogen-bond acceptors (Lipinski definition) is 1. The fourth-order valence-corrected chi connectivity index (χ4v) is 2.19. The quantitative estimate of drug-likeness (QED) is 0.773. The standard InChI is InChI=1S/C14H17IN2/c1-10(2)13-6-4-12(5-7-13)9-17-8-11(3)14(15)16-17/h4-8,10H,9H2,1-3H3. The monoisotopic (exact) mass is 340 g/mol. The number of nitrogens with zero attached hydrogens (tertiary/aromatic N) is 2.